The molecule has 1 atom stereocenters. The molecule has 1 N–H and O–H groups in total. The van der Waals surface area contributed by atoms with E-state index in [0.717, 1.165) is 28.8 Å². The summed E-state index contributed by atoms with van der Waals surface area (Å²) in [5.41, 5.74) is 2.75. The first-order chi connectivity index (χ1) is 9.06. The van der Waals surface area contributed by atoms with E-state index < -0.39 is 6.10 Å². The highest BCUT2D eigenvalue weighted by Crippen LogP contribution is 2.26. The van der Waals surface area contributed by atoms with Crippen molar-refractivity contribution in [2.75, 3.05) is 0 Å². The highest BCUT2D eigenvalue weighted by atomic mass is 79.9. The Kier molecular flexibility index (Phi) is 4.42. The van der Waals surface area contributed by atoms with Crippen molar-refractivity contribution in [1.82, 2.24) is 19.6 Å². The van der Waals surface area contributed by atoms with Gasteiger partial charge in [0.15, 0.2) is 0 Å². The van der Waals surface area contributed by atoms with Crippen molar-refractivity contribution in [3.05, 3.63) is 33.8 Å². The van der Waals surface area contributed by atoms with E-state index in [1.807, 2.05) is 24.0 Å². The summed E-state index contributed by atoms with van der Waals surface area (Å²) in [6, 6.07) is 1.84. The molecule has 0 aliphatic rings. The summed E-state index contributed by atoms with van der Waals surface area (Å²) >= 11 is 3.59. The molecule has 1 unspecified atom stereocenters. The van der Waals surface area contributed by atoms with E-state index in [4.69, 9.17) is 0 Å². The summed E-state index contributed by atoms with van der Waals surface area (Å²) in [7, 11) is 1.84. The Morgan fingerprint density at radius 1 is 1.37 bits per heavy atom. The minimum absolute atomic E-state index is 0.512. The van der Waals surface area contributed by atoms with Gasteiger partial charge < -0.3 is 5.11 Å². The highest BCUT2D eigenvalue weighted by Gasteiger charge is 2.19. The Bertz CT molecular complexity index is 561. The van der Waals surface area contributed by atoms with Crippen LogP contribution in [-0.2, 0) is 26.4 Å². The number of halogens is 1. The van der Waals surface area contributed by atoms with Crippen LogP contribution in [0.3, 0.4) is 0 Å². The molecule has 19 heavy (non-hydrogen) atoms. The standard InChI is InChI=1S/C13H19BrN4O/c1-4-9-13(14)11(18(5-2)16-9)8-12(19)10-6-7-17(3)15-10/h6-7,12,19H,4-5,8H2,1-3H3. The quantitative estimate of drug-likeness (QED) is 0.916. The first-order valence-corrected chi connectivity index (χ1v) is 7.27. The van der Waals surface area contributed by atoms with E-state index in [-0.39, 0.29) is 0 Å². The van der Waals surface area contributed by atoms with Gasteiger partial charge in [-0.25, -0.2) is 0 Å². The molecule has 2 heterocycles. The van der Waals surface area contributed by atoms with Gasteiger partial charge >= 0.3 is 0 Å². The van der Waals surface area contributed by atoms with Crippen molar-refractivity contribution in [3.8, 4) is 0 Å². The van der Waals surface area contributed by atoms with Gasteiger partial charge in [-0.05, 0) is 35.3 Å². The molecule has 0 radical (unpaired) electrons. The maximum Gasteiger partial charge on any atom is 0.103 e. The van der Waals surface area contributed by atoms with Crippen LogP contribution >= 0.6 is 15.9 Å². The summed E-state index contributed by atoms with van der Waals surface area (Å²) in [4.78, 5) is 0. The molecular formula is C13H19BrN4O. The lowest BCUT2D eigenvalue weighted by Crippen LogP contribution is -2.09. The Balaban J connectivity index is 2.25. The Morgan fingerprint density at radius 3 is 2.63 bits per heavy atom. The van der Waals surface area contributed by atoms with Gasteiger partial charge in [0.05, 0.1) is 21.6 Å². The predicted molar refractivity (Wildman–Crippen MR) is 76.9 cm³/mol. The number of aliphatic hydroxyl groups excluding tert-OH is 1. The van der Waals surface area contributed by atoms with Gasteiger partial charge in [0, 0.05) is 26.2 Å². The number of aliphatic hydroxyl groups is 1. The smallest absolute Gasteiger partial charge is 0.103 e. The second-order valence-electron chi connectivity index (χ2n) is 4.51. The average molecular weight is 327 g/mol. The largest absolute Gasteiger partial charge is 0.386 e. The maximum atomic E-state index is 10.3. The zero-order valence-electron chi connectivity index (χ0n) is 11.5. The van der Waals surface area contributed by atoms with Gasteiger partial charge in [0.2, 0.25) is 0 Å². The molecule has 2 aromatic heterocycles. The minimum atomic E-state index is -0.607. The minimum Gasteiger partial charge on any atom is -0.386 e. The van der Waals surface area contributed by atoms with Crippen molar-refractivity contribution in [2.45, 2.75) is 39.3 Å². The van der Waals surface area contributed by atoms with Gasteiger partial charge in [-0.3, -0.25) is 9.36 Å². The first-order valence-electron chi connectivity index (χ1n) is 6.48. The normalized spacial score (nSPS) is 12.9. The molecule has 0 aliphatic carbocycles. The number of nitrogens with zero attached hydrogens (tertiary/aromatic N) is 4. The van der Waals surface area contributed by atoms with Crippen molar-refractivity contribution >= 4 is 15.9 Å². The van der Waals surface area contributed by atoms with E-state index in [0.29, 0.717) is 12.1 Å². The summed E-state index contributed by atoms with van der Waals surface area (Å²) in [5.74, 6) is 0. The number of hydrogen-bond acceptors (Lipinski definition) is 3. The molecule has 0 spiro atoms. The lowest BCUT2D eigenvalue weighted by molar-refractivity contribution is 0.169. The molecule has 0 aliphatic heterocycles. The van der Waals surface area contributed by atoms with Crippen LogP contribution in [0.4, 0.5) is 0 Å². The second kappa shape index (κ2) is 5.88. The SMILES string of the molecule is CCc1nn(CC)c(CC(O)c2ccn(C)n2)c1Br. The second-order valence-corrected chi connectivity index (χ2v) is 5.30. The molecule has 0 saturated carbocycles. The van der Waals surface area contributed by atoms with Gasteiger partial charge in [-0.2, -0.15) is 10.2 Å². The van der Waals surface area contributed by atoms with E-state index in [1.54, 1.807) is 4.68 Å². The van der Waals surface area contributed by atoms with Crippen LogP contribution in [0.25, 0.3) is 0 Å². The number of hydrogen-bond donors (Lipinski definition) is 1. The lowest BCUT2D eigenvalue weighted by atomic mass is 10.1. The van der Waals surface area contributed by atoms with Crippen molar-refractivity contribution in [1.29, 1.82) is 0 Å². The molecule has 6 heteroatoms. The Morgan fingerprint density at radius 2 is 2.11 bits per heavy atom. The van der Waals surface area contributed by atoms with E-state index in [2.05, 4.69) is 40.0 Å². The maximum absolute atomic E-state index is 10.3. The fraction of sp³-hybridized carbons (Fsp3) is 0.538. The molecule has 2 rings (SSSR count). The zero-order chi connectivity index (χ0) is 14.0. The molecular weight excluding hydrogens is 308 g/mol. The van der Waals surface area contributed by atoms with Gasteiger partial charge in [-0.15, -0.1) is 0 Å². The topological polar surface area (TPSA) is 55.9 Å². The number of rotatable bonds is 5. The Labute approximate surface area is 121 Å². The molecule has 2 aromatic rings. The monoisotopic (exact) mass is 326 g/mol. The molecule has 0 bridgehead atoms. The van der Waals surface area contributed by atoms with Crippen LogP contribution in [0.15, 0.2) is 16.7 Å². The third kappa shape index (κ3) is 2.90. The molecule has 5 nitrogen and oxygen atoms in total. The molecule has 104 valence electrons. The van der Waals surface area contributed by atoms with Gasteiger partial charge in [-0.1, -0.05) is 6.92 Å². The molecule has 0 fully saturated rings. The van der Waals surface area contributed by atoms with Crippen molar-refractivity contribution < 1.29 is 5.11 Å². The van der Waals surface area contributed by atoms with Crippen LogP contribution < -0.4 is 0 Å². The van der Waals surface area contributed by atoms with E-state index >= 15 is 0 Å². The third-order valence-corrected chi connectivity index (χ3v) is 4.07. The summed E-state index contributed by atoms with van der Waals surface area (Å²) < 4.78 is 4.64. The van der Waals surface area contributed by atoms with Crippen LogP contribution in [-0.4, -0.2) is 24.7 Å². The fourth-order valence-electron chi connectivity index (χ4n) is 2.11. The first kappa shape index (κ1) is 14.3. The zero-order valence-corrected chi connectivity index (χ0v) is 13.1. The summed E-state index contributed by atoms with van der Waals surface area (Å²) in [6.07, 6.45) is 2.62. The summed E-state index contributed by atoms with van der Waals surface area (Å²) in [6.45, 7) is 4.92. The number of aromatic nitrogens is 4. The van der Waals surface area contributed by atoms with Crippen molar-refractivity contribution in [2.24, 2.45) is 7.05 Å². The van der Waals surface area contributed by atoms with Crippen LogP contribution in [0.5, 0.6) is 0 Å². The van der Waals surface area contributed by atoms with Crippen LogP contribution in [0.1, 0.15) is 37.0 Å². The van der Waals surface area contributed by atoms with E-state index in [9.17, 15) is 5.11 Å². The fourth-order valence-corrected chi connectivity index (χ4v) is 2.84. The average Bonchev–Trinajstić information content (AvgIpc) is 2.95. The molecule has 0 saturated heterocycles. The highest BCUT2D eigenvalue weighted by molar-refractivity contribution is 9.10. The molecule has 0 amide bonds. The molecule has 0 aromatic carbocycles. The van der Waals surface area contributed by atoms with E-state index in [1.165, 1.54) is 0 Å². The Hall–Kier alpha value is -1.14. The van der Waals surface area contributed by atoms with Crippen LogP contribution in [0.2, 0.25) is 0 Å². The van der Waals surface area contributed by atoms with Gasteiger partial charge in [0.1, 0.15) is 6.10 Å². The van der Waals surface area contributed by atoms with Crippen LogP contribution in [0, 0.1) is 0 Å². The third-order valence-electron chi connectivity index (χ3n) is 3.16. The van der Waals surface area contributed by atoms with Crippen molar-refractivity contribution in [3.63, 3.8) is 0 Å². The van der Waals surface area contributed by atoms with Gasteiger partial charge in [0.25, 0.3) is 0 Å². The predicted octanol–water partition coefficient (Wildman–Crippen LogP) is 2.24. The lowest BCUT2D eigenvalue weighted by Gasteiger charge is -2.10. The number of aryl methyl sites for hydroxylation is 3. The summed E-state index contributed by atoms with van der Waals surface area (Å²) in [5, 5.41) is 19.0.